The lowest BCUT2D eigenvalue weighted by atomic mass is 10.2. The van der Waals surface area contributed by atoms with Gasteiger partial charge in [-0.15, -0.1) is 0 Å². The van der Waals surface area contributed by atoms with E-state index in [1.54, 1.807) is 12.1 Å². The molecule has 26 heavy (non-hydrogen) atoms. The standard InChI is InChI=1S/C16H25N5O3S2/c1-20(2)11-8-17-16(25)19-18-15(22)13-6-5-7-14(12-13)26(23,24)21-9-3-4-10-21/h5-7,12H,3-4,8-11H2,1-2H3,(H,18,22)(H2,17,19,25). The van der Waals surface area contributed by atoms with Crippen LogP contribution in [0.1, 0.15) is 23.2 Å². The number of amides is 1. The molecule has 0 bridgehead atoms. The third kappa shape index (κ3) is 5.63. The Balaban J connectivity index is 1.94. The second kappa shape index (κ2) is 9.26. The summed E-state index contributed by atoms with van der Waals surface area (Å²) in [5.41, 5.74) is 5.33. The molecule has 0 aliphatic carbocycles. The van der Waals surface area contributed by atoms with Crippen molar-refractivity contribution in [3.05, 3.63) is 29.8 Å². The second-order valence-electron chi connectivity index (χ2n) is 6.28. The smallest absolute Gasteiger partial charge is 0.269 e. The fourth-order valence-electron chi connectivity index (χ4n) is 2.50. The third-order valence-corrected chi connectivity index (χ3v) is 6.07. The molecular weight excluding hydrogens is 374 g/mol. The first-order valence-corrected chi connectivity index (χ1v) is 10.2. The Morgan fingerprint density at radius 1 is 1.23 bits per heavy atom. The van der Waals surface area contributed by atoms with Crippen molar-refractivity contribution in [3.8, 4) is 0 Å². The highest BCUT2D eigenvalue weighted by molar-refractivity contribution is 7.89. The molecule has 0 spiro atoms. The van der Waals surface area contributed by atoms with Crippen LogP contribution in [0, 0.1) is 0 Å². The lowest BCUT2D eigenvalue weighted by molar-refractivity contribution is 0.0943. The van der Waals surface area contributed by atoms with Gasteiger partial charge in [0, 0.05) is 31.7 Å². The van der Waals surface area contributed by atoms with Gasteiger partial charge in [-0.05, 0) is 57.4 Å². The number of hydrogen-bond acceptors (Lipinski definition) is 5. The summed E-state index contributed by atoms with van der Waals surface area (Å²) in [6, 6.07) is 6.01. The number of nitrogens with zero attached hydrogens (tertiary/aromatic N) is 2. The fraction of sp³-hybridized carbons (Fsp3) is 0.500. The number of carbonyl (C=O) groups is 1. The average molecular weight is 400 g/mol. The molecule has 1 aromatic rings. The van der Waals surface area contributed by atoms with Crippen LogP contribution in [0.15, 0.2) is 29.2 Å². The number of rotatable bonds is 6. The van der Waals surface area contributed by atoms with E-state index in [0.29, 0.717) is 24.7 Å². The Morgan fingerprint density at radius 2 is 1.92 bits per heavy atom. The molecule has 0 aromatic heterocycles. The molecule has 3 N–H and O–H groups in total. The topological polar surface area (TPSA) is 93.8 Å². The Labute approximate surface area is 159 Å². The van der Waals surface area contributed by atoms with E-state index in [2.05, 4.69) is 16.2 Å². The number of carbonyl (C=O) groups excluding carboxylic acids is 1. The van der Waals surface area contributed by atoms with E-state index in [1.807, 2.05) is 19.0 Å². The van der Waals surface area contributed by atoms with E-state index in [-0.39, 0.29) is 10.5 Å². The molecule has 0 radical (unpaired) electrons. The van der Waals surface area contributed by atoms with Crippen LogP contribution in [-0.2, 0) is 10.0 Å². The van der Waals surface area contributed by atoms with Crippen molar-refractivity contribution in [3.63, 3.8) is 0 Å². The van der Waals surface area contributed by atoms with Gasteiger partial charge in [0.25, 0.3) is 5.91 Å². The zero-order valence-corrected chi connectivity index (χ0v) is 16.6. The quantitative estimate of drug-likeness (QED) is 0.463. The van der Waals surface area contributed by atoms with E-state index < -0.39 is 15.9 Å². The van der Waals surface area contributed by atoms with Crippen LogP contribution in [0.5, 0.6) is 0 Å². The van der Waals surface area contributed by atoms with Crippen LogP contribution in [-0.4, -0.2) is 68.9 Å². The highest BCUT2D eigenvalue weighted by Gasteiger charge is 2.27. The lowest BCUT2D eigenvalue weighted by Gasteiger charge is -2.16. The van der Waals surface area contributed by atoms with Gasteiger partial charge in [-0.2, -0.15) is 4.31 Å². The largest absolute Gasteiger partial charge is 0.360 e. The van der Waals surface area contributed by atoms with Gasteiger partial charge in [-0.25, -0.2) is 8.42 Å². The normalized spacial score (nSPS) is 15.0. The van der Waals surface area contributed by atoms with Crippen LogP contribution in [0.25, 0.3) is 0 Å². The Bertz CT molecular complexity index is 746. The fourth-order valence-corrected chi connectivity index (χ4v) is 4.21. The van der Waals surface area contributed by atoms with Crippen LogP contribution >= 0.6 is 12.2 Å². The van der Waals surface area contributed by atoms with Gasteiger partial charge in [0.15, 0.2) is 5.11 Å². The highest BCUT2D eigenvalue weighted by Crippen LogP contribution is 2.21. The number of likely N-dealkylation sites (N-methyl/N-ethyl adjacent to an activating group) is 1. The van der Waals surface area contributed by atoms with Crippen molar-refractivity contribution in [1.82, 2.24) is 25.4 Å². The molecule has 2 rings (SSSR count). The maximum atomic E-state index is 12.6. The van der Waals surface area contributed by atoms with E-state index >= 15 is 0 Å². The van der Waals surface area contributed by atoms with E-state index in [0.717, 1.165) is 19.4 Å². The van der Waals surface area contributed by atoms with Crippen molar-refractivity contribution in [2.45, 2.75) is 17.7 Å². The van der Waals surface area contributed by atoms with Crippen LogP contribution in [0.2, 0.25) is 0 Å². The Hall–Kier alpha value is -1.75. The van der Waals surface area contributed by atoms with E-state index in [1.165, 1.54) is 16.4 Å². The lowest BCUT2D eigenvalue weighted by Crippen LogP contribution is -2.48. The first-order valence-electron chi connectivity index (χ1n) is 8.40. The van der Waals surface area contributed by atoms with Crippen molar-refractivity contribution in [2.24, 2.45) is 0 Å². The summed E-state index contributed by atoms with van der Waals surface area (Å²) in [5, 5.41) is 3.25. The molecule has 1 heterocycles. The number of sulfonamides is 1. The zero-order valence-electron chi connectivity index (χ0n) is 15.0. The maximum absolute atomic E-state index is 12.6. The van der Waals surface area contributed by atoms with Gasteiger partial charge in [0.05, 0.1) is 4.90 Å². The minimum Gasteiger partial charge on any atom is -0.360 e. The number of nitrogens with one attached hydrogen (secondary N) is 3. The average Bonchev–Trinajstić information content (AvgIpc) is 3.15. The van der Waals surface area contributed by atoms with Gasteiger partial charge >= 0.3 is 0 Å². The SMILES string of the molecule is CN(C)CCNC(=S)NNC(=O)c1cccc(S(=O)(=O)N2CCCC2)c1. The molecule has 1 aromatic carbocycles. The van der Waals surface area contributed by atoms with E-state index in [9.17, 15) is 13.2 Å². The van der Waals surface area contributed by atoms with Gasteiger partial charge in [-0.1, -0.05) is 6.07 Å². The predicted octanol–water partition coefficient (Wildman–Crippen LogP) is 0.142. The molecule has 10 heteroatoms. The molecule has 1 aliphatic heterocycles. The molecule has 1 amide bonds. The van der Waals surface area contributed by atoms with Gasteiger partial charge in [-0.3, -0.25) is 15.6 Å². The summed E-state index contributed by atoms with van der Waals surface area (Å²) >= 11 is 5.07. The minimum absolute atomic E-state index is 0.124. The molecule has 0 saturated carbocycles. The minimum atomic E-state index is -3.56. The van der Waals surface area contributed by atoms with E-state index in [4.69, 9.17) is 12.2 Å². The summed E-state index contributed by atoms with van der Waals surface area (Å²) < 4.78 is 26.6. The van der Waals surface area contributed by atoms with Crippen molar-refractivity contribution < 1.29 is 13.2 Å². The first kappa shape index (κ1) is 20.6. The monoisotopic (exact) mass is 399 g/mol. The molecular formula is C16H25N5O3S2. The summed E-state index contributed by atoms with van der Waals surface area (Å²) in [5.74, 6) is -0.458. The molecule has 1 fully saturated rings. The Morgan fingerprint density at radius 3 is 2.58 bits per heavy atom. The second-order valence-corrected chi connectivity index (χ2v) is 8.62. The van der Waals surface area contributed by atoms with Crippen LogP contribution < -0.4 is 16.2 Å². The molecule has 1 aliphatic rings. The number of benzene rings is 1. The Kier molecular flexibility index (Phi) is 7.33. The number of hydrazine groups is 1. The first-order chi connectivity index (χ1) is 12.3. The highest BCUT2D eigenvalue weighted by atomic mass is 32.2. The molecule has 0 unspecified atom stereocenters. The predicted molar refractivity (Wildman–Crippen MR) is 104 cm³/mol. The van der Waals surface area contributed by atoms with Crippen molar-refractivity contribution in [1.29, 1.82) is 0 Å². The maximum Gasteiger partial charge on any atom is 0.269 e. The molecule has 8 nitrogen and oxygen atoms in total. The van der Waals surface area contributed by atoms with Crippen molar-refractivity contribution in [2.75, 3.05) is 40.3 Å². The van der Waals surface area contributed by atoms with Crippen LogP contribution in [0.4, 0.5) is 0 Å². The zero-order chi connectivity index (χ0) is 19.2. The summed E-state index contributed by atoms with van der Waals surface area (Å²) in [7, 11) is 0.339. The molecule has 144 valence electrons. The van der Waals surface area contributed by atoms with Crippen LogP contribution in [0.3, 0.4) is 0 Å². The van der Waals surface area contributed by atoms with Gasteiger partial charge in [0.2, 0.25) is 10.0 Å². The van der Waals surface area contributed by atoms with Gasteiger partial charge < -0.3 is 10.2 Å². The molecule has 0 atom stereocenters. The number of thiocarbonyl (C=S) groups is 1. The summed E-state index contributed by atoms with van der Waals surface area (Å²) in [6.07, 6.45) is 1.73. The van der Waals surface area contributed by atoms with Crippen molar-refractivity contribution >= 4 is 33.3 Å². The van der Waals surface area contributed by atoms with Gasteiger partial charge in [0.1, 0.15) is 0 Å². The number of hydrogen-bond donors (Lipinski definition) is 3. The summed E-state index contributed by atoms with van der Waals surface area (Å²) in [6.45, 7) is 2.48. The summed E-state index contributed by atoms with van der Waals surface area (Å²) in [4.78, 5) is 14.4. The molecule has 1 saturated heterocycles. The third-order valence-electron chi connectivity index (χ3n) is 3.93.